The number of nitrogens with one attached hydrogen (secondary N) is 2. The van der Waals surface area contributed by atoms with Gasteiger partial charge in [0.1, 0.15) is 11.4 Å². The van der Waals surface area contributed by atoms with Crippen molar-refractivity contribution in [2.24, 2.45) is 0 Å². The third kappa shape index (κ3) is 3.67. The standard InChI is InChI=1S/C19H17BrN4O2/c1-24(2)19(26)13-9-6-10-14(11-13)21-18(25)17-15(20)16(22-23-17)12-7-4-3-5-8-12/h3-11H,1-2H3,(H,21,25)(H,22,23). The Kier molecular flexibility index (Phi) is 5.18. The second-order valence-corrected chi connectivity index (χ2v) is 6.65. The smallest absolute Gasteiger partial charge is 0.274 e. The first-order valence-electron chi connectivity index (χ1n) is 7.89. The minimum absolute atomic E-state index is 0.129. The monoisotopic (exact) mass is 412 g/mol. The van der Waals surface area contributed by atoms with Gasteiger partial charge in [0.05, 0.1) is 4.47 Å². The Morgan fingerprint density at radius 3 is 2.50 bits per heavy atom. The van der Waals surface area contributed by atoms with E-state index in [4.69, 9.17) is 0 Å². The molecule has 0 aliphatic heterocycles. The average molecular weight is 413 g/mol. The van der Waals surface area contributed by atoms with Crippen LogP contribution in [0.15, 0.2) is 59.1 Å². The number of nitrogens with zero attached hydrogens (tertiary/aromatic N) is 2. The molecular formula is C19H17BrN4O2. The van der Waals surface area contributed by atoms with Crippen LogP contribution in [0.4, 0.5) is 5.69 Å². The highest BCUT2D eigenvalue weighted by Crippen LogP contribution is 2.29. The number of hydrogen-bond donors (Lipinski definition) is 2. The number of carbonyl (C=O) groups excluding carboxylic acids is 2. The molecule has 0 unspecified atom stereocenters. The number of carbonyl (C=O) groups is 2. The molecule has 0 saturated heterocycles. The summed E-state index contributed by atoms with van der Waals surface area (Å²) < 4.78 is 0.585. The van der Waals surface area contributed by atoms with Gasteiger partial charge in [0, 0.05) is 30.9 Å². The van der Waals surface area contributed by atoms with Gasteiger partial charge in [-0.2, -0.15) is 5.10 Å². The van der Waals surface area contributed by atoms with Gasteiger partial charge < -0.3 is 10.2 Å². The summed E-state index contributed by atoms with van der Waals surface area (Å²) >= 11 is 3.44. The topological polar surface area (TPSA) is 78.1 Å². The van der Waals surface area contributed by atoms with Crippen LogP contribution in [-0.2, 0) is 0 Å². The highest BCUT2D eigenvalue weighted by molar-refractivity contribution is 9.10. The maximum absolute atomic E-state index is 12.6. The zero-order chi connectivity index (χ0) is 18.7. The SMILES string of the molecule is CN(C)C(=O)c1cccc(NC(=O)c2[nH]nc(-c3ccccc3)c2Br)c1. The quantitative estimate of drug-likeness (QED) is 0.683. The van der Waals surface area contributed by atoms with E-state index < -0.39 is 0 Å². The van der Waals surface area contributed by atoms with Gasteiger partial charge >= 0.3 is 0 Å². The predicted molar refractivity (Wildman–Crippen MR) is 104 cm³/mol. The lowest BCUT2D eigenvalue weighted by Gasteiger charge is -2.11. The molecule has 3 rings (SSSR count). The third-order valence-corrected chi connectivity index (χ3v) is 4.53. The Bertz CT molecular complexity index is 951. The van der Waals surface area contributed by atoms with E-state index in [-0.39, 0.29) is 11.8 Å². The summed E-state index contributed by atoms with van der Waals surface area (Å²) in [4.78, 5) is 26.1. The normalized spacial score (nSPS) is 10.4. The second-order valence-electron chi connectivity index (χ2n) is 5.86. The Morgan fingerprint density at radius 1 is 1.08 bits per heavy atom. The van der Waals surface area contributed by atoms with Gasteiger partial charge in [-0.3, -0.25) is 14.7 Å². The molecule has 0 fully saturated rings. The molecule has 2 N–H and O–H groups in total. The molecule has 1 heterocycles. The number of aromatic nitrogens is 2. The maximum atomic E-state index is 12.6. The number of benzene rings is 2. The Balaban J connectivity index is 1.82. The van der Waals surface area contributed by atoms with Crippen LogP contribution in [0.5, 0.6) is 0 Å². The molecule has 0 aliphatic carbocycles. The van der Waals surface area contributed by atoms with E-state index in [1.165, 1.54) is 4.90 Å². The highest BCUT2D eigenvalue weighted by Gasteiger charge is 2.19. The summed E-state index contributed by atoms with van der Waals surface area (Å²) in [6.45, 7) is 0. The molecule has 2 aromatic carbocycles. The van der Waals surface area contributed by atoms with Gasteiger partial charge in [0.2, 0.25) is 0 Å². The molecule has 7 heteroatoms. The molecule has 0 radical (unpaired) electrons. The number of halogens is 1. The van der Waals surface area contributed by atoms with Crippen LogP contribution in [0.2, 0.25) is 0 Å². The van der Waals surface area contributed by atoms with E-state index in [9.17, 15) is 9.59 Å². The molecule has 1 aromatic heterocycles. The molecule has 0 spiro atoms. The Labute approximate surface area is 159 Å². The fourth-order valence-corrected chi connectivity index (χ4v) is 3.03. The van der Waals surface area contributed by atoms with Gasteiger partial charge in [-0.1, -0.05) is 36.4 Å². The molecule has 0 atom stereocenters. The number of amides is 2. The summed E-state index contributed by atoms with van der Waals surface area (Å²) in [5.74, 6) is -0.476. The zero-order valence-electron chi connectivity index (χ0n) is 14.3. The van der Waals surface area contributed by atoms with Crippen molar-refractivity contribution in [2.45, 2.75) is 0 Å². The van der Waals surface area contributed by atoms with Gasteiger partial charge in [-0.05, 0) is 34.1 Å². The number of rotatable bonds is 4. The summed E-state index contributed by atoms with van der Waals surface area (Å²) in [5.41, 5.74) is 2.90. The lowest BCUT2D eigenvalue weighted by molar-refractivity contribution is 0.0827. The first kappa shape index (κ1) is 17.9. The van der Waals surface area contributed by atoms with E-state index in [1.807, 2.05) is 30.3 Å². The Hall–Kier alpha value is -2.93. The molecule has 0 bridgehead atoms. The molecular weight excluding hydrogens is 396 g/mol. The van der Waals surface area contributed by atoms with Crippen LogP contribution < -0.4 is 5.32 Å². The van der Waals surface area contributed by atoms with Crippen LogP contribution in [-0.4, -0.2) is 41.0 Å². The summed E-state index contributed by atoms with van der Waals surface area (Å²) in [6, 6.07) is 16.4. The lowest BCUT2D eigenvalue weighted by Crippen LogP contribution is -2.22. The van der Waals surface area contributed by atoms with Crippen molar-refractivity contribution >= 4 is 33.4 Å². The highest BCUT2D eigenvalue weighted by atomic mass is 79.9. The number of aromatic amines is 1. The van der Waals surface area contributed by atoms with Gasteiger partial charge in [-0.15, -0.1) is 0 Å². The molecule has 6 nitrogen and oxygen atoms in total. The van der Waals surface area contributed by atoms with Crippen molar-refractivity contribution in [3.05, 3.63) is 70.3 Å². The molecule has 0 aliphatic rings. The lowest BCUT2D eigenvalue weighted by atomic mass is 10.1. The third-order valence-electron chi connectivity index (χ3n) is 3.75. The van der Waals surface area contributed by atoms with Crippen molar-refractivity contribution in [3.63, 3.8) is 0 Å². The van der Waals surface area contributed by atoms with Crippen molar-refractivity contribution < 1.29 is 9.59 Å². The van der Waals surface area contributed by atoms with Gasteiger partial charge in [0.15, 0.2) is 0 Å². The summed E-state index contributed by atoms with van der Waals surface area (Å²) in [5, 5.41) is 9.78. The molecule has 132 valence electrons. The van der Waals surface area contributed by atoms with E-state index in [0.717, 1.165) is 5.56 Å². The number of anilines is 1. The second kappa shape index (κ2) is 7.53. The fraction of sp³-hybridized carbons (Fsp3) is 0.105. The largest absolute Gasteiger partial charge is 0.345 e. The number of hydrogen-bond acceptors (Lipinski definition) is 3. The van der Waals surface area contributed by atoms with Crippen LogP contribution in [0.25, 0.3) is 11.3 Å². The van der Waals surface area contributed by atoms with E-state index >= 15 is 0 Å². The van der Waals surface area contributed by atoms with Crippen molar-refractivity contribution in [2.75, 3.05) is 19.4 Å². The van der Waals surface area contributed by atoms with Crippen molar-refractivity contribution in [1.82, 2.24) is 15.1 Å². The molecule has 0 saturated carbocycles. The summed E-state index contributed by atoms with van der Waals surface area (Å²) in [6.07, 6.45) is 0. The van der Waals surface area contributed by atoms with E-state index in [2.05, 4.69) is 31.4 Å². The first-order valence-corrected chi connectivity index (χ1v) is 8.69. The molecule has 26 heavy (non-hydrogen) atoms. The average Bonchev–Trinajstić information content (AvgIpc) is 3.03. The van der Waals surface area contributed by atoms with Crippen LogP contribution >= 0.6 is 15.9 Å². The molecule has 2 amide bonds. The van der Waals surface area contributed by atoms with E-state index in [0.29, 0.717) is 27.1 Å². The maximum Gasteiger partial charge on any atom is 0.274 e. The zero-order valence-corrected chi connectivity index (χ0v) is 15.9. The first-order chi connectivity index (χ1) is 12.5. The van der Waals surface area contributed by atoms with Crippen LogP contribution in [0.3, 0.4) is 0 Å². The fourth-order valence-electron chi connectivity index (χ4n) is 2.45. The van der Waals surface area contributed by atoms with Crippen LogP contribution in [0, 0.1) is 0 Å². The predicted octanol–water partition coefficient (Wildman–Crippen LogP) is 3.79. The minimum Gasteiger partial charge on any atom is -0.345 e. The van der Waals surface area contributed by atoms with Gasteiger partial charge in [0.25, 0.3) is 11.8 Å². The minimum atomic E-state index is -0.346. The van der Waals surface area contributed by atoms with Crippen molar-refractivity contribution in [1.29, 1.82) is 0 Å². The van der Waals surface area contributed by atoms with E-state index in [1.54, 1.807) is 38.4 Å². The Morgan fingerprint density at radius 2 is 1.81 bits per heavy atom. The molecule has 3 aromatic rings. The van der Waals surface area contributed by atoms with Crippen molar-refractivity contribution in [3.8, 4) is 11.3 Å². The number of H-pyrrole nitrogens is 1. The van der Waals surface area contributed by atoms with Crippen LogP contribution in [0.1, 0.15) is 20.8 Å². The van der Waals surface area contributed by atoms with Gasteiger partial charge in [-0.25, -0.2) is 0 Å². The summed E-state index contributed by atoms with van der Waals surface area (Å²) in [7, 11) is 3.36.